The molecule has 0 aliphatic rings. The Hall–Kier alpha value is -6.68. The van der Waals surface area contributed by atoms with Crippen LogP contribution in [-0.2, 0) is 0 Å². The van der Waals surface area contributed by atoms with Crippen molar-refractivity contribution in [1.29, 1.82) is 10.5 Å². The molecule has 0 saturated heterocycles. The van der Waals surface area contributed by atoms with Gasteiger partial charge in [-0.25, -0.2) is 9.83 Å². The Bertz CT molecular complexity index is 2450. The highest BCUT2D eigenvalue weighted by Gasteiger charge is 2.19. The van der Waals surface area contributed by atoms with Crippen molar-refractivity contribution in [3.63, 3.8) is 0 Å². The minimum Gasteiger partial charge on any atom is -0.294 e. The second-order valence-corrected chi connectivity index (χ2v) is 10.6. The van der Waals surface area contributed by atoms with Gasteiger partial charge in [0.05, 0.1) is 51.9 Å². The second kappa shape index (κ2) is 9.71. The molecule has 44 heavy (non-hydrogen) atoms. The molecule has 3 aromatic heterocycles. The lowest BCUT2D eigenvalue weighted by molar-refractivity contribution is 1.01. The van der Waals surface area contributed by atoms with Gasteiger partial charge in [-0.05, 0) is 71.8 Å². The summed E-state index contributed by atoms with van der Waals surface area (Å²) in [4.78, 5) is 9.13. The van der Waals surface area contributed by atoms with Gasteiger partial charge in [0, 0.05) is 21.5 Å². The predicted octanol–water partition coefficient (Wildman–Crippen LogP) is 9.24. The topological polar surface area (TPSA) is 74.7 Å². The first-order valence-electron chi connectivity index (χ1n) is 14.0. The standard InChI is InChI=1S/C38H20N6/c1-41-32-11-5-2-8-27(32)26-20-37(43-33-12-6-3-9-28(33)30-18-24(22-39)14-16-35(30)43)42-38(21-26)44-34-13-7-4-10-29(34)31-19-25(23-40)15-17-36(31)44/h2-21H. The summed E-state index contributed by atoms with van der Waals surface area (Å²) in [6.07, 6.45) is 0. The Kier molecular flexibility index (Phi) is 5.53. The molecule has 0 saturated carbocycles. The van der Waals surface area contributed by atoms with Crippen LogP contribution in [0, 0.1) is 29.2 Å². The van der Waals surface area contributed by atoms with Gasteiger partial charge in [-0.1, -0.05) is 60.7 Å². The number of aromatic nitrogens is 3. The SMILES string of the molecule is [C-]#[N+]c1ccccc1-c1cc(-n2c3ccccc3c3cc(C#N)ccc32)nc(-n2c3ccccc3c3cc(C#N)ccc32)c1. The summed E-state index contributed by atoms with van der Waals surface area (Å²) in [5, 5.41) is 23.3. The number of para-hydroxylation sites is 3. The molecule has 0 amide bonds. The third-order valence-electron chi connectivity index (χ3n) is 8.20. The molecule has 202 valence electrons. The van der Waals surface area contributed by atoms with Crippen molar-refractivity contribution in [2.45, 2.75) is 0 Å². The fourth-order valence-electron chi connectivity index (χ4n) is 6.28. The zero-order chi connectivity index (χ0) is 29.8. The fourth-order valence-corrected chi connectivity index (χ4v) is 6.28. The molecule has 0 bridgehead atoms. The fraction of sp³-hybridized carbons (Fsp3) is 0. The van der Waals surface area contributed by atoms with Crippen LogP contribution in [0.3, 0.4) is 0 Å². The van der Waals surface area contributed by atoms with Crippen molar-refractivity contribution < 1.29 is 0 Å². The average molecular weight is 561 g/mol. The molecule has 3 heterocycles. The van der Waals surface area contributed by atoms with Gasteiger partial charge in [-0.3, -0.25) is 9.13 Å². The largest absolute Gasteiger partial charge is 0.294 e. The van der Waals surface area contributed by atoms with Crippen LogP contribution >= 0.6 is 0 Å². The monoisotopic (exact) mass is 560 g/mol. The van der Waals surface area contributed by atoms with E-state index in [4.69, 9.17) is 11.6 Å². The average Bonchev–Trinajstić information content (AvgIpc) is 3.60. The van der Waals surface area contributed by atoms with Gasteiger partial charge < -0.3 is 0 Å². The summed E-state index contributed by atoms with van der Waals surface area (Å²) < 4.78 is 4.25. The van der Waals surface area contributed by atoms with E-state index in [-0.39, 0.29) is 0 Å². The van der Waals surface area contributed by atoms with Crippen LogP contribution in [0.15, 0.2) is 121 Å². The lowest BCUT2D eigenvalue weighted by Crippen LogP contribution is -2.04. The zero-order valence-corrected chi connectivity index (χ0v) is 23.2. The summed E-state index contributed by atoms with van der Waals surface area (Å²) in [6.45, 7) is 7.87. The molecule has 8 rings (SSSR count). The van der Waals surface area contributed by atoms with Crippen LogP contribution < -0.4 is 0 Å². The Morgan fingerprint density at radius 1 is 0.545 bits per heavy atom. The molecule has 8 aromatic rings. The molecule has 6 heteroatoms. The smallest absolute Gasteiger partial charge is 0.194 e. The highest BCUT2D eigenvalue weighted by molar-refractivity contribution is 6.11. The van der Waals surface area contributed by atoms with Crippen molar-refractivity contribution in [3.8, 4) is 34.9 Å². The first-order chi connectivity index (χ1) is 21.7. The van der Waals surface area contributed by atoms with Gasteiger partial charge >= 0.3 is 0 Å². The van der Waals surface area contributed by atoms with E-state index in [1.54, 1.807) is 0 Å². The number of rotatable bonds is 3. The lowest BCUT2D eigenvalue weighted by atomic mass is 10.0. The Labute approximate surface area is 252 Å². The molecule has 0 atom stereocenters. The molecule has 0 aliphatic carbocycles. The first kappa shape index (κ1) is 25.1. The number of nitriles is 2. The van der Waals surface area contributed by atoms with E-state index in [1.165, 1.54) is 0 Å². The molecular weight excluding hydrogens is 540 g/mol. The van der Waals surface area contributed by atoms with Gasteiger partial charge in [0.2, 0.25) is 0 Å². The van der Waals surface area contributed by atoms with Crippen molar-refractivity contribution in [2.75, 3.05) is 0 Å². The number of nitrogens with zero attached hydrogens (tertiary/aromatic N) is 6. The zero-order valence-electron chi connectivity index (χ0n) is 23.2. The third kappa shape index (κ3) is 3.68. The number of hydrogen-bond acceptors (Lipinski definition) is 3. The van der Waals surface area contributed by atoms with Crippen LogP contribution in [0.4, 0.5) is 5.69 Å². The summed E-state index contributed by atoms with van der Waals surface area (Å²) in [7, 11) is 0. The van der Waals surface area contributed by atoms with E-state index in [0.29, 0.717) is 28.5 Å². The quantitative estimate of drug-likeness (QED) is 0.202. The molecule has 0 N–H and O–H groups in total. The van der Waals surface area contributed by atoms with Gasteiger partial charge in [-0.15, -0.1) is 0 Å². The predicted molar refractivity (Wildman–Crippen MR) is 174 cm³/mol. The van der Waals surface area contributed by atoms with E-state index in [9.17, 15) is 10.5 Å². The summed E-state index contributed by atoms with van der Waals surface area (Å²) in [5.41, 5.74) is 7.20. The van der Waals surface area contributed by atoms with Gasteiger partial charge in [0.15, 0.2) is 5.69 Å². The Morgan fingerprint density at radius 3 is 1.55 bits per heavy atom. The summed E-state index contributed by atoms with van der Waals surface area (Å²) in [6, 6.07) is 43.9. The van der Waals surface area contributed by atoms with Gasteiger partial charge in [0.25, 0.3) is 0 Å². The van der Waals surface area contributed by atoms with E-state index in [0.717, 1.165) is 54.7 Å². The highest BCUT2D eigenvalue weighted by atomic mass is 15.1. The number of pyridine rings is 1. The number of hydrogen-bond donors (Lipinski definition) is 0. The Morgan fingerprint density at radius 2 is 1.02 bits per heavy atom. The molecule has 5 aromatic carbocycles. The second-order valence-electron chi connectivity index (χ2n) is 10.6. The van der Waals surface area contributed by atoms with Gasteiger partial charge in [0.1, 0.15) is 11.6 Å². The minimum atomic E-state index is 0.553. The van der Waals surface area contributed by atoms with E-state index in [1.807, 2.05) is 97.1 Å². The lowest BCUT2D eigenvalue weighted by Gasteiger charge is -2.15. The third-order valence-corrected chi connectivity index (χ3v) is 8.20. The molecular formula is C38H20N6. The normalized spacial score (nSPS) is 11.1. The molecule has 0 aliphatic heterocycles. The van der Waals surface area contributed by atoms with Crippen LogP contribution in [0.2, 0.25) is 0 Å². The maximum Gasteiger partial charge on any atom is 0.194 e. The maximum absolute atomic E-state index is 9.64. The van der Waals surface area contributed by atoms with Crippen molar-refractivity contribution in [2.24, 2.45) is 0 Å². The molecule has 0 fully saturated rings. The first-order valence-corrected chi connectivity index (χ1v) is 14.0. The van der Waals surface area contributed by atoms with Crippen LogP contribution in [0.1, 0.15) is 11.1 Å². The number of benzene rings is 5. The van der Waals surface area contributed by atoms with Gasteiger partial charge in [-0.2, -0.15) is 10.5 Å². The highest BCUT2D eigenvalue weighted by Crippen LogP contribution is 2.38. The van der Waals surface area contributed by atoms with Crippen molar-refractivity contribution in [1.82, 2.24) is 14.1 Å². The van der Waals surface area contributed by atoms with Crippen LogP contribution in [0.5, 0.6) is 0 Å². The number of fused-ring (bicyclic) bond motifs is 6. The van der Waals surface area contributed by atoms with E-state index < -0.39 is 0 Å². The van der Waals surface area contributed by atoms with Crippen LogP contribution in [-0.4, -0.2) is 14.1 Å². The van der Waals surface area contributed by atoms with E-state index >= 15 is 0 Å². The minimum absolute atomic E-state index is 0.553. The maximum atomic E-state index is 9.64. The molecule has 6 nitrogen and oxygen atoms in total. The van der Waals surface area contributed by atoms with Crippen molar-refractivity contribution in [3.05, 3.63) is 144 Å². The van der Waals surface area contributed by atoms with Crippen LogP contribution in [0.25, 0.3) is 71.2 Å². The molecule has 0 radical (unpaired) electrons. The summed E-state index contributed by atoms with van der Waals surface area (Å²) in [5.74, 6) is 1.38. The molecule has 0 spiro atoms. The van der Waals surface area contributed by atoms with E-state index in [2.05, 4.69) is 50.4 Å². The summed E-state index contributed by atoms with van der Waals surface area (Å²) >= 11 is 0. The van der Waals surface area contributed by atoms with Crippen molar-refractivity contribution >= 4 is 49.3 Å². The Balaban J connectivity index is 1.51. The molecule has 0 unspecified atom stereocenters.